The minimum Gasteiger partial charge on any atom is -0.492 e. The zero-order valence-electron chi connectivity index (χ0n) is 14.0. The van der Waals surface area contributed by atoms with Crippen LogP contribution in [0.1, 0.15) is 33.3 Å². The number of thiophene rings is 1. The number of benzene rings is 1. The highest BCUT2D eigenvalue weighted by Crippen LogP contribution is 2.36. The maximum Gasteiger partial charge on any atom is 0.416 e. The van der Waals surface area contributed by atoms with Crippen molar-refractivity contribution in [2.24, 2.45) is 10.9 Å². The maximum atomic E-state index is 12.9. The first-order chi connectivity index (χ1) is 12.9. The maximum absolute atomic E-state index is 12.9. The van der Waals surface area contributed by atoms with E-state index in [4.69, 9.17) is 10.5 Å². The lowest BCUT2D eigenvalue weighted by atomic mass is 10.0. The zero-order valence-corrected chi connectivity index (χ0v) is 14.8. The average molecular weight is 426 g/mol. The molecule has 0 radical (unpaired) electrons. The molecule has 1 aromatic heterocycles. The van der Waals surface area contributed by atoms with Crippen molar-refractivity contribution in [2.75, 3.05) is 6.61 Å². The third-order valence-electron chi connectivity index (χ3n) is 3.22. The van der Waals surface area contributed by atoms with E-state index in [9.17, 15) is 31.1 Å². The monoisotopic (exact) mass is 426 g/mol. The van der Waals surface area contributed by atoms with Crippen LogP contribution in [-0.2, 0) is 17.2 Å². The Kier molecular flexibility index (Phi) is 6.22. The Hall–Kier alpha value is -2.76. The van der Waals surface area contributed by atoms with Gasteiger partial charge in [0.2, 0.25) is 0 Å². The van der Waals surface area contributed by atoms with E-state index in [0.29, 0.717) is 12.1 Å². The highest BCUT2D eigenvalue weighted by atomic mass is 32.1. The van der Waals surface area contributed by atoms with Gasteiger partial charge in [0.15, 0.2) is 10.7 Å². The number of nitrogens with two attached hydrogens (primary N) is 1. The van der Waals surface area contributed by atoms with Crippen LogP contribution in [0.25, 0.3) is 0 Å². The number of carbonyl (C=O) groups excluding carboxylic acids is 1. The normalized spacial score (nSPS) is 12.8. The average Bonchev–Trinajstić information content (AvgIpc) is 3.06. The van der Waals surface area contributed by atoms with Crippen LogP contribution >= 0.6 is 11.3 Å². The lowest BCUT2D eigenvalue weighted by Gasteiger charge is -2.13. The van der Waals surface area contributed by atoms with Gasteiger partial charge in [-0.2, -0.15) is 26.3 Å². The summed E-state index contributed by atoms with van der Waals surface area (Å²) in [5.41, 5.74) is 1.58. The largest absolute Gasteiger partial charge is 0.492 e. The lowest BCUT2D eigenvalue weighted by Crippen LogP contribution is -2.19. The molecule has 0 bridgehead atoms. The van der Waals surface area contributed by atoms with Gasteiger partial charge in [-0.05, 0) is 36.6 Å². The molecule has 5 nitrogen and oxygen atoms in total. The third kappa shape index (κ3) is 5.15. The van der Waals surface area contributed by atoms with Crippen molar-refractivity contribution in [1.29, 1.82) is 0 Å². The highest BCUT2D eigenvalue weighted by molar-refractivity contribution is 7.12. The molecule has 1 aromatic carbocycles. The van der Waals surface area contributed by atoms with Crippen LogP contribution < -0.4 is 10.5 Å². The molecule has 2 N–H and O–H groups in total. The van der Waals surface area contributed by atoms with E-state index in [-0.39, 0.29) is 23.3 Å². The van der Waals surface area contributed by atoms with E-state index in [1.807, 2.05) is 0 Å². The summed E-state index contributed by atoms with van der Waals surface area (Å²) in [7, 11) is 0. The lowest BCUT2D eigenvalue weighted by molar-refractivity contribution is -0.143. The molecule has 0 aliphatic carbocycles. The Morgan fingerprint density at radius 1 is 1.11 bits per heavy atom. The molecule has 0 amide bonds. The van der Waals surface area contributed by atoms with Crippen LogP contribution in [0.4, 0.5) is 26.3 Å². The first kappa shape index (κ1) is 21.5. The molecule has 0 saturated carbocycles. The van der Waals surface area contributed by atoms with Gasteiger partial charge >= 0.3 is 18.3 Å². The van der Waals surface area contributed by atoms with Gasteiger partial charge in [-0.15, -0.1) is 11.3 Å². The van der Waals surface area contributed by atoms with Gasteiger partial charge in [0.05, 0.1) is 17.7 Å². The Labute approximate surface area is 158 Å². The van der Waals surface area contributed by atoms with Crippen LogP contribution in [0.3, 0.4) is 0 Å². The molecule has 0 saturated heterocycles. The van der Waals surface area contributed by atoms with E-state index < -0.39 is 40.8 Å². The number of hydrogen-bond donors (Lipinski definition) is 1. The predicted octanol–water partition coefficient (Wildman–Crippen LogP) is 4.66. The molecular weight excluding hydrogens is 414 g/mol. The summed E-state index contributed by atoms with van der Waals surface area (Å²) in [6.45, 7) is 1.93. The number of amidine groups is 1. The first-order valence-corrected chi connectivity index (χ1v) is 8.36. The van der Waals surface area contributed by atoms with Gasteiger partial charge in [0.25, 0.3) is 0 Å². The quantitative estimate of drug-likeness (QED) is 0.248. The molecule has 0 aliphatic rings. The Morgan fingerprint density at radius 3 is 2.18 bits per heavy atom. The van der Waals surface area contributed by atoms with Gasteiger partial charge in [-0.3, -0.25) is 0 Å². The summed E-state index contributed by atoms with van der Waals surface area (Å²) >= 11 is 0.950. The summed E-state index contributed by atoms with van der Waals surface area (Å²) < 4.78 is 82.4. The smallest absolute Gasteiger partial charge is 0.416 e. The Balaban J connectivity index is 2.33. The van der Waals surface area contributed by atoms with Crippen molar-refractivity contribution in [2.45, 2.75) is 19.3 Å². The van der Waals surface area contributed by atoms with Crippen LogP contribution in [0.15, 0.2) is 34.8 Å². The van der Waals surface area contributed by atoms with Crippen molar-refractivity contribution in [1.82, 2.24) is 0 Å². The number of nitrogens with zero attached hydrogens (tertiary/aromatic N) is 1. The van der Waals surface area contributed by atoms with Gasteiger partial charge in [-0.1, -0.05) is 5.16 Å². The topological polar surface area (TPSA) is 73.9 Å². The van der Waals surface area contributed by atoms with Crippen molar-refractivity contribution in [3.63, 3.8) is 0 Å². The summed E-state index contributed by atoms with van der Waals surface area (Å²) in [5, 5.41) is 4.68. The molecule has 12 heteroatoms. The van der Waals surface area contributed by atoms with E-state index in [0.717, 1.165) is 11.3 Å². The van der Waals surface area contributed by atoms with E-state index >= 15 is 0 Å². The standard InChI is InChI=1S/C16H12F6N2O3S/c1-2-26-11-3-4-28-12(11)14(25)27-24-13(23)8-5-9(15(17,18)19)7-10(6-8)16(20,21)22/h3-7H,2H2,1H3,(H2,23,24). The molecule has 2 aromatic rings. The third-order valence-corrected chi connectivity index (χ3v) is 4.10. The van der Waals surface area contributed by atoms with Crippen LogP contribution in [0, 0.1) is 0 Å². The molecule has 0 fully saturated rings. The molecule has 0 aliphatic heterocycles. The highest BCUT2D eigenvalue weighted by Gasteiger charge is 2.37. The molecule has 0 unspecified atom stereocenters. The van der Waals surface area contributed by atoms with Crippen LogP contribution in [0.2, 0.25) is 0 Å². The summed E-state index contributed by atoms with van der Waals surface area (Å²) in [6, 6.07) is 2.18. The molecule has 2 rings (SSSR count). The van der Waals surface area contributed by atoms with Crippen molar-refractivity contribution >= 4 is 23.1 Å². The van der Waals surface area contributed by atoms with E-state index in [2.05, 4.69) is 9.99 Å². The second-order valence-corrected chi connectivity index (χ2v) is 6.11. The number of hydrogen-bond acceptors (Lipinski definition) is 5. The summed E-state index contributed by atoms with van der Waals surface area (Å²) in [5.74, 6) is -1.66. The minimum atomic E-state index is -5.05. The van der Waals surface area contributed by atoms with Gasteiger partial charge in [0, 0.05) is 5.56 Å². The Morgan fingerprint density at radius 2 is 1.68 bits per heavy atom. The molecule has 1 heterocycles. The van der Waals surface area contributed by atoms with Crippen molar-refractivity contribution in [3.05, 3.63) is 51.2 Å². The fourth-order valence-corrected chi connectivity index (χ4v) is 2.71. The fraction of sp³-hybridized carbons (Fsp3) is 0.250. The number of rotatable bonds is 5. The molecule has 28 heavy (non-hydrogen) atoms. The Bertz CT molecular complexity index is 857. The number of oxime groups is 1. The molecule has 0 atom stereocenters. The van der Waals surface area contributed by atoms with Gasteiger partial charge in [-0.25, -0.2) is 4.79 Å². The molecular formula is C16H12F6N2O3S. The summed E-state index contributed by atoms with van der Waals surface area (Å²) in [4.78, 5) is 16.5. The zero-order chi connectivity index (χ0) is 21.1. The van der Waals surface area contributed by atoms with Crippen molar-refractivity contribution in [3.8, 4) is 5.75 Å². The van der Waals surface area contributed by atoms with Crippen LogP contribution in [0.5, 0.6) is 5.75 Å². The molecule has 0 spiro atoms. The number of ether oxygens (including phenoxy) is 1. The van der Waals surface area contributed by atoms with E-state index in [1.165, 1.54) is 11.4 Å². The van der Waals surface area contributed by atoms with Crippen molar-refractivity contribution < 1.29 is 40.7 Å². The number of alkyl halides is 6. The number of carbonyl (C=O) groups is 1. The molecule has 152 valence electrons. The van der Waals surface area contributed by atoms with Gasteiger partial charge in [0.1, 0.15) is 5.75 Å². The summed E-state index contributed by atoms with van der Waals surface area (Å²) in [6.07, 6.45) is -10.1. The first-order valence-electron chi connectivity index (χ1n) is 7.48. The predicted molar refractivity (Wildman–Crippen MR) is 88.1 cm³/mol. The van der Waals surface area contributed by atoms with Gasteiger partial charge < -0.3 is 15.3 Å². The SMILES string of the molecule is CCOc1ccsc1C(=O)O/N=C(/N)c1cc(C(F)(F)F)cc(C(F)(F)F)c1. The number of halogens is 6. The van der Waals surface area contributed by atoms with E-state index in [1.54, 1.807) is 6.92 Å². The second kappa shape index (κ2) is 8.09. The second-order valence-electron chi connectivity index (χ2n) is 5.20. The fourth-order valence-electron chi connectivity index (χ4n) is 2.00. The van der Waals surface area contributed by atoms with Crippen LogP contribution in [-0.4, -0.2) is 18.4 Å². The minimum absolute atomic E-state index is 0.0124.